The number of aliphatic carboxylic acids is 1. The van der Waals surface area contributed by atoms with Crippen LogP contribution in [-0.2, 0) is 16.0 Å². The Bertz CT molecular complexity index is 365. The van der Waals surface area contributed by atoms with E-state index in [1.54, 1.807) is 18.5 Å². The van der Waals surface area contributed by atoms with Gasteiger partial charge < -0.3 is 10.4 Å². The summed E-state index contributed by atoms with van der Waals surface area (Å²) >= 11 is 0. The van der Waals surface area contributed by atoms with Crippen LogP contribution < -0.4 is 5.32 Å². The number of rotatable bonds is 5. The monoisotopic (exact) mass is 222 g/mol. The summed E-state index contributed by atoms with van der Waals surface area (Å²) in [6, 6.07) is 2.83. The summed E-state index contributed by atoms with van der Waals surface area (Å²) in [6.07, 6.45) is 4.28. The van der Waals surface area contributed by atoms with Crippen molar-refractivity contribution in [2.24, 2.45) is 0 Å². The predicted octanol–water partition coefficient (Wildman–Crippen LogP) is 0.603. The fourth-order valence-corrected chi connectivity index (χ4v) is 1.36. The number of pyridine rings is 1. The molecule has 0 bridgehead atoms. The van der Waals surface area contributed by atoms with Gasteiger partial charge in [0.1, 0.15) is 6.04 Å². The molecule has 1 atom stereocenters. The van der Waals surface area contributed by atoms with Crippen molar-refractivity contribution >= 4 is 11.9 Å². The molecule has 1 aromatic heterocycles. The molecule has 0 spiro atoms. The molecule has 0 aromatic carbocycles. The Morgan fingerprint density at radius 3 is 2.81 bits per heavy atom. The smallest absolute Gasteiger partial charge is 0.326 e. The lowest BCUT2D eigenvalue weighted by Crippen LogP contribution is -2.39. The minimum absolute atomic E-state index is 0.335. The number of nitrogens with zero attached hydrogens (tertiary/aromatic N) is 1. The SMILES string of the molecule is CC(=O)NC(CCc1cccnc1)C(=O)O. The third-order valence-electron chi connectivity index (χ3n) is 2.12. The van der Waals surface area contributed by atoms with Crippen molar-refractivity contribution in [3.05, 3.63) is 30.1 Å². The highest BCUT2D eigenvalue weighted by Crippen LogP contribution is 2.03. The van der Waals surface area contributed by atoms with Crippen molar-refractivity contribution in [3.63, 3.8) is 0 Å². The van der Waals surface area contributed by atoms with Gasteiger partial charge in [0.05, 0.1) is 0 Å². The zero-order valence-corrected chi connectivity index (χ0v) is 9.01. The van der Waals surface area contributed by atoms with E-state index in [1.165, 1.54) is 6.92 Å². The van der Waals surface area contributed by atoms with E-state index in [0.29, 0.717) is 12.8 Å². The summed E-state index contributed by atoms with van der Waals surface area (Å²) in [5.74, 6) is -1.35. The molecule has 1 unspecified atom stereocenters. The van der Waals surface area contributed by atoms with Gasteiger partial charge in [0, 0.05) is 19.3 Å². The largest absolute Gasteiger partial charge is 0.480 e. The Balaban J connectivity index is 2.50. The van der Waals surface area contributed by atoms with Crippen molar-refractivity contribution in [2.75, 3.05) is 0 Å². The highest BCUT2D eigenvalue weighted by atomic mass is 16.4. The number of amides is 1. The molecule has 0 aliphatic heterocycles. The van der Waals surface area contributed by atoms with Gasteiger partial charge in [-0.05, 0) is 24.5 Å². The van der Waals surface area contributed by atoms with Crippen molar-refractivity contribution in [1.82, 2.24) is 10.3 Å². The Kier molecular flexibility index (Phi) is 4.44. The van der Waals surface area contributed by atoms with Crippen LogP contribution in [0.25, 0.3) is 0 Å². The Morgan fingerprint density at radius 2 is 2.31 bits per heavy atom. The van der Waals surface area contributed by atoms with E-state index in [9.17, 15) is 9.59 Å². The Labute approximate surface area is 93.5 Å². The van der Waals surface area contributed by atoms with Crippen molar-refractivity contribution in [2.45, 2.75) is 25.8 Å². The maximum atomic E-state index is 10.8. The Morgan fingerprint density at radius 1 is 1.56 bits per heavy atom. The summed E-state index contributed by atoms with van der Waals surface area (Å²) in [5.41, 5.74) is 0.958. The molecule has 0 fully saturated rings. The zero-order valence-electron chi connectivity index (χ0n) is 9.01. The molecule has 1 aromatic rings. The first kappa shape index (κ1) is 12.2. The minimum Gasteiger partial charge on any atom is -0.480 e. The van der Waals surface area contributed by atoms with Crippen LogP contribution in [0.3, 0.4) is 0 Å². The molecule has 2 N–H and O–H groups in total. The van der Waals surface area contributed by atoms with E-state index in [0.717, 1.165) is 5.56 Å². The normalized spacial score (nSPS) is 11.8. The fraction of sp³-hybridized carbons (Fsp3) is 0.364. The molecule has 0 radical (unpaired) electrons. The highest BCUT2D eigenvalue weighted by Gasteiger charge is 2.17. The molecule has 16 heavy (non-hydrogen) atoms. The predicted molar refractivity (Wildman–Crippen MR) is 57.8 cm³/mol. The van der Waals surface area contributed by atoms with Crippen LogP contribution in [0, 0.1) is 0 Å². The van der Waals surface area contributed by atoms with Crippen LogP contribution in [0.1, 0.15) is 18.9 Å². The van der Waals surface area contributed by atoms with Gasteiger partial charge in [-0.15, -0.1) is 0 Å². The number of carbonyl (C=O) groups excluding carboxylic acids is 1. The lowest BCUT2D eigenvalue weighted by Gasteiger charge is -2.12. The number of hydrogen-bond acceptors (Lipinski definition) is 3. The molecule has 1 rings (SSSR count). The van der Waals surface area contributed by atoms with E-state index in [-0.39, 0.29) is 5.91 Å². The minimum atomic E-state index is -1.01. The van der Waals surface area contributed by atoms with Gasteiger partial charge in [0.15, 0.2) is 0 Å². The second-order valence-electron chi connectivity index (χ2n) is 3.49. The Hall–Kier alpha value is -1.91. The lowest BCUT2D eigenvalue weighted by atomic mass is 10.1. The summed E-state index contributed by atoms with van der Waals surface area (Å²) in [5, 5.41) is 11.3. The third kappa shape index (κ3) is 4.08. The molecule has 5 heteroatoms. The average molecular weight is 222 g/mol. The van der Waals surface area contributed by atoms with Gasteiger partial charge in [-0.1, -0.05) is 6.07 Å². The van der Waals surface area contributed by atoms with Crippen LogP contribution in [0.2, 0.25) is 0 Å². The van der Waals surface area contributed by atoms with E-state index in [1.807, 2.05) is 6.07 Å². The number of carboxylic acids is 1. The van der Waals surface area contributed by atoms with Gasteiger partial charge >= 0.3 is 5.97 Å². The van der Waals surface area contributed by atoms with Crippen molar-refractivity contribution in [1.29, 1.82) is 0 Å². The average Bonchev–Trinajstić information content (AvgIpc) is 2.25. The van der Waals surface area contributed by atoms with Crippen molar-refractivity contribution < 1.29 is 14.7 Å². The van der Waals surface area contributed by atoms with Crippen LogP contribution in [0.5, 0.6) is 0 Å². The topological polar surface area (TPSA) is 79.3 Å². The zero-order chi connectivity index (χ0) is 12.0. The number of carbonyl (C=O) groups is 2. The van der Waals surface area contributed by atoms with Gasteiger partial charge in [-0.3, -0.25) is 9.78 Å². The number of carboxylic acid groups (broad SMARTS) is 1. The first-order valence-corrected chi connectivity index (χ1v) is 4.98. The van der Waals surface area contributed by atoms with Crippen LogP contribution >= 0.6 is 0 Å². The third-order valence-corrected chi connectivity index (χ3v) is 2.12. The molecule has 5 nitrogen and oxygen atoms in total. The number of nitrogens with one attached hydrogen (secondary N) is 1. The maximum Gasteiger partial charge on any atom is 0.326 e. The van der Waals surface area contributed by atoms with Crippen molar-refractivity contribution in [3.8, 4) is 0 Å². The van der Waals surface area contributed by atoms with Gasteiger partial charge in [0.2, 0.25) is 5.91 Å². The second kappa shape index (κ2) is 5.85. The quantitative estimate of drug-likeness (QED) is 0.764. The van der Waals surface area contributed by atoms with E-state index >= 15 is 0 Å². The van der Waals surface area contributed by atoms with Crippen LogP contribution in [0.4, 0.5) is 0 Å². The van der Waals surface area contributed by atoms with Gasteiger partial charge in [0.25, 0.3) is 0 Å². The van der Waals surface area contributed by atoms with E-state index < -0.39 is 12.0 Å². The number of hydrogen-bond donors (Lipinski definition) is 2. The highest BCUT2D eigenvalue weighted by molar-refractivity contribution is 5.82. The van der Waals surface area contributed by atoms with Gasteiger partial charge in [-0.2, -0.15) is 0 Å². The molecule has 0 saturated carbocycles. The van der Waals surface area contributed by atoms with Crippen LogP contribution in [-0.4, -0.2) is 28.0 Å². The standard InChI is InChI=1S/C11H14N2O3/c1-8(14)13-10(11(15)16)5-4-9-3-2-6-12-7-9/h2-3,6-7,10H,4-5H2,1H3,(H,13,14)(H,15,16). The first-order chi connectivity index (χ1) is 7.59. The molecular weight excluding hydrogens is 208 g/mol. The van der Waals surface area contributed by atoms with E-state index in [2.05, 4.69) is 10.3 Å². The molecular formula is C11H14N2O3. The molecule has 0 aliphatic rings. The van der Waals surface area contributed by atoms with Crippen LogP contribution in [0.15, 0.2) is 24.5 Å². The van der Waals surface area contributed by atoms with Gasteiger partial charge in [-0.25, -0.2) is 4.79 Å². The lowest BCUT2D eigenvalue weighted by molar-refractivity contribution is -0.141. The molecule has 86 valence electrons. The molecule has 0 saturated heterocycles. The summed E-state index contributed by atoms with van der Waals surface area (Å²) in [4.78, 5) is 25.5. The summed E-state index contributed by atoms with van der Waals surface area (Å²) in [6.45, 7) is 1.31. The number of aromatic nitrogens is 1. The first-order valence-electron chi connectivity index (χ1n) is 4.98. The molecule has 1 amide bonds. The summed E-state index contributed by atoms with van der Waals surface area (Å²) < 4.78 is 0. The molecule has 0 aliphatic carbocycles. The molecule has 1 heterocycles. The fourth-order valence-electron chi connectivity index (χ4n) is 1.36. The second-order valence-corrected chi connectivity index (χ2v) is 3.49. The van der Waals surface area contributed by atoms with E-state index in [4.69, 9.17) is 5.11 Å². The maximum absolute atomic E-state index is 10.8. The summed E-state index contributed by atoms with van der Waals surface area (Å²) in [7, 11) is 0. The number of aryl methyl sites for hydroxylation is 1.